The van der Waals surface area contributed by atoms with E-state index in [4.69, 9.17) is 5.11 Å². The van der Waals surface area contributed by atoms with Crippen LogP contribution in [0.3, 0.4) is 0 Å². The van der Waals surface area contributed by atoms with E-state index in [1.54, 1.807) is 12.1 Å². The number of anilines is 2. The normalized spacial score (nSPS) is 10.0. The van der Waals surface area contributed by atoms with E-state index in [2.05, 4.69) is 10.6 Å². The molecule has 2 rings (SSSR count). The minimum Gasteiger partial charge on any atom is -0.478 e. The van der Waals surface area contributed by atoms with Gasteiger partial charge in [0.2, 0.25) is 0 Å². The van der Waals surface area contributed by atoms with E-state index in [0.29, 0.717) is 11.4 Å². The maximum absolute atomic E-state index is 11.9. The van der Waals surface area contributed by atoms with Gasteiger partial charge in [0.05, 0.1) is 5.56 Å². The number of amides is 2. The fraction of sp³-hybridized carbons (Fsp3) is 0.125. The largest absolute Gasteiger partial charge is 0.478 e. The van der Waals surface area contributed by atoms with Crippen LogP contribution in [-0.2, 0) is 0 Å². The Morgan fingerprint density at radius 1 is 1.00 bits per heavy atom. The predicted molar refractivity (Wildman–Crippen MR) is 82.0 cm³/mol. The number of hydrogen-bond donors (Lipinski definition) is 3. The van der Waals surface area contributed by atoms with Gasteiger partial charge in [-0.15, -0.1) is 0 Å². The van der Waals surface area contributed by atoms with Crippen LogP contribution in [0.15, 0.2) is 42.5 Å². The highest BCUT2D eigenvalue weighted by Crippen LogP contribution is 2.17. The topological polar surface area (TPSA) is 78.4 Å². The maximum Gasteiger partial charge on any atom is 0.335 e. The van der Waals surface area contributed by atoms with Gasteiger partial charge in [-0.05, 0) is 43.7 Å². The first kappa shape index (κ1) is 14.6. The molecule has 2 amide bonds. The zero-order chi connectivity index (χ0) is 15.4. The van der Waals surface area contributed by atoms with E-state index in [9.17, 15) is 9.59 Å². The zero-order valence-electron chi connectivity index (χ0n) is 11.8. The molecule has 21 heavy (non-hydrogen) atoms. The van der Waals surface area contributed by atoms with Crippen LogP contribution in [0.5, 0.6) is 0 Å². The number of aryl methyl sites for hydroxylation is 2. The molecule has 0 heterocycles. The van der Waals surface area contributed by atoms with Crippen molar-refractivity contribution in [1.82, 2.24) is 0 Å². The fourth-order valence-corrected chi connectivity index (χ4v) is 1.97. The van der Waals surface area contributed by atoms with Gasteiger partial charge in [-0.2, -0.15) is 0 Å². The Balaban J connectivity index is 2.08. The predicted octanol–water partition coefficient (Wildman–Crippen LogP) is 3.65. The lowest BCUT2D eigenvalue weighted by molar-refractivity contribution is 0.0697. The molecule has 2 aromatic rings. The lowest BCUT2D eigenvalue weighted by atomic mass is 10.1. The van der Waals surface area contributed by atoms with Crippen LogP contribution in [0, 0.1) is 13.8 Å². The molecule has 0 saturated heterocycles. The fourth-order valence-electron chi connectivity index (χ4n) is 1.97. The van der Waals surface area contributed by atoms with Crippen molar-refractivity contribution < 1.29 is 14.7 Å². The highest BCUT2D eigenvalue weighted by atomic mass is 16.4. The van der Waals surface area contributed by atoms with Crippen LogP contribution in [0.25, 0.3) is 0 Å². The van der Waals surface area contributed by atoms with E-state index in [1.165, 1.54) is 12.1 Å². The van der Waals surface area contributed by atoms with E-state index >= 15 is 0 Å². The molecule has 3 N–H and O–H groups in total. The third-order valence-electron chi connectivity index (χ3n) is 3.00. The van der Waals surface area contributed by atoms with Gasteiger partial charge in [-0.25, -0.2) is 9.59 Å². The molecule has 0 fully saturated rings. The van der Waals surface area contributed by atoms with Crippen molar-refractivity contribution in [3.8, 4) is 0 Å². The molecule has 2 aromatic carbocycles. The average molecular weight is 284 g/mol. The first-order valence-corrected chi connectivity index (χ1v) is 6.44. The molecule has 0 saturated carbocycles. The summed E-state index contributed by atoms with van der Waals surface area (Å²) in [5, 5.41) is 14.3. The summed E-state index contributed by atoms with van der Waals surface area (Å²) < 4.78 is 0. The Bertz CT molecular complexity index is 696. The molecule has 0 unspecified atom stereocenters. The smallest absolute Gasteiger partial charge is 0.335 e. The van der Waals surface area contributed by atoms with E-state index < -0.39 is 12.0 Å². The van der Waals surface area contributed by atoms with Crippen molar-refractivity contribution in [2.75, 3.05) is 10.6 Å². The molecular formula is C16H16N2O3. The number of carboxylic acid groups (broad SMARTS) is 1. The van der Waals surface area contributed by atoms with Gasteiger partial charge < -0.3 is 15.7 Å². The number of benzene rings is 2. The summed E-state index contributed by atoms with van der Waals surface area (Å²) in [6.45, 7) is 3.89. The summed E-state index contributed by atoms with van der Waals surface area (Å²) in [7, 11) is 0. The number of nitrogens with one attached hydrogen (secondary N) is 2. The molecule has 0 aliphatic rings. The number of carbonyl (C=O) groups excluding carboxylic acids is 1. The summed E-state index contributed by atoms with van der Waals surface area (Å²) in [5.41, 5.74) is 3.35. The number of hydrogen-bond acceptors (Lipinski definition) is 2. The molecule has 5 heteroatoms. The second kappa shape index (κ2) is 6.09. The Morgan fingerprint density at radius 3 is 2.43 bits per heavy atom. The lowest BCUT2D eigenvalue weighted by Gasteiger charge is -2.10. The molecule has 0 aromatic heterocycles. The molecule has 5 nitrogen and oxygen atoms in total. The second-order valence-corrected chi connectivity index (χ2v) is 4.78. The van der Waals surface area contributed by atoms with Crippen molar-refractivity contribution in [2.24, 2.45) is 0 Å². The molecule has 0 atom stereocenters. The molecular weight excluding hydrogens is 268 g/mol. The van der Waals surface area contributed by atoms with Crippen molar-refractivity contribution >= 4 is 23.4 Å². The lowest BCUT2D eigenvalue weighted by Crippen LogP contribution is -2.20. The molecule has 0 spiro atoms. The van der Waals surface area contributed by atoms with Crippen molar-refractivity contribution in [3.05, 3.63) is 59.2 Å². The number of carboxylic acids is 1. The van der Waals surface area contributed by atoms with Crippen LogP contribution >= 0.6 is 0 Å². The summed E-state index contributed by atoms with van der Waals surface area (Å²) >= 11 is 0. The van der Waals surface area contributed by atoms with E-state index in [1.807, 2.05) is 32.0 Å². The van der Waals surface area contributed by atoms with Crippen LogP contribution in [-0.4, -0.2) is 17.1 Å². The van der Waals surface area contributed by atoms with Gasteiger partial charge in [-0.1, -0.05) is 23.8 Å². The Hall–Kier alpha value is -2.82. The quantitative estimate of drug-likeness (QED) is 0.805. The summed E-state index contributed by atoms with van der Waals surface area (Å²) in [6.07, 6.45) is 0. The number of rotatable bonds is 3. The van der Waals surface area contributed by atoms with Gasteiger partial charge in [-0.3, -0.25) is 0 Å². The molecule has 0 aliphatic heterocycles. The average Bonchev–Trinajstić information content (AvgIpc) is 2.42. The van der Waals surface area contributed by atoms with Crippen LogP contribution in [0.1, 0.15) is 21.5 Å². The van der Waals surface area contributed by atoms with Crippen LogP contribution < -0.4 is 10.6 Å². The SMILES string of the molecule is Cc1ccc(NC(=O)Nc2cccc(C(=O)O)c2)c(C)c1. The third kappa shape index (κ3) is 3.82. The van der Waals surface area contributed by atoms with Crippen LogP contribution in [0.4, 0.5) is 16.2 Å². The minimum atomic E-state index is -1.03. The monoisotopic (exact) mass is 284 g/mol. The summed E-state index contributed by atoms with van der Waals surface area (Å²) in [6, 6.07) is 11.4. The molecule has 0 aliphatic carbocycles. The van der Waals surface area contributed by atoms with Crippen molar-refractivity contribution in [2.45, 2.75) is 13.8 Å². The molecule has 0 bridgehead atoms. The third-order valence-corrected chi connectivity index (χ3v) is 3.00. The van der Waals surface area contributed by atoms with Gasteiger partial charge in [0.1, 0.15) is 0 Å². The highest BCUT2D eigenvalue weighted by Gasteiger charge is 2.07. The van der Waals surface area contributed by atoms with Crippen LogP contribution in [0.2, 0.25) is 0 Å². The van der Waals surface area contributed by atoms with E-state index in [0.717, 1.165) is 11.1 Å². The number of urea groups is 1. The summed E-state index contributed by atoms with van der Waals surface area (Å²) in [4.78, 5) is 22.8. The van der Waals surface area contributed by atoms with Gasteiger partial charge in [0.15, 0.2) is 0 Å². The van der Waals surface area contributed by atoms with Crippen molar-refractivity contribution in [1.29, 1.82) is 0 Å². The number of aromatic carboxylic acids is 1. The highest BCUT2D eigenvalue weighted by molar-refractivity contribution is 6.01. The Morgan fingerprint density at radius 2 is 1.76 bits per heavy atom. The second-order valence-electron chi connectivity index (χ2n) is 4.78. The minimum absolute atomic E-state index is 0.124. The molecule has 0 radical (unpaired) electrons. The Labute approximate surface area is 122 Å². The van der Waals surface area contributed by atoms with Gasteiger partial charge in [0.25, 0.3) is 0 Å². The summed E-state index contributed by atoms with van der Waals surface area (Å²) in [5.74, 6) is -1.03. The van der Waals surface area contributed by atoms with Crippen molar-refractivity contribution in [3.63, 3.8) is 0 Å². The Kier molecular flexibility index (Phi) is 4.23. The molecule has 108 valence electrons. The van der Waals surface area contributed by atoms with Gasteiger partial charge in [0, 0.05) is 11.4 Å². The van der Waals surface area contributed by atoms with E-state index in [-0.39, 0.29) is 5.56 Å². The first-order chi connectivity index (χ1) is 9.95. The first-order valence-electron chi connectivity index (χ1n) is 6.44. The standard InChI is InChI=1S/C16H16N2O3/c1-10-6-7-14(11(2)8-10)18-16(21)17-13-5-3-4-12(9-13)15(19)20/h3-9H,1-2H3,(H,19,20)(H2,17,18,21). The number of carbonyl (C=O) groups is 2. The zero-order valence-corrected chi connectivity index (χ0v) is 11.8. The van der Waals surface area contributed by atoms with Gasteiger partial charge >= 0.3 is 12.0 Å². The maximum atomic E-state index is 11.9.